The summed E-state index contributed by atoms with van der Waals surface area (Å²) < 4.78 is 0. The second-order valence-electron chi connectivity index (χ2n) is 6.74. The van der Waals surface area contributed by atoms with E-state index in [9.17, 15) is 5.21 Å². The molecule has 0 bridgehead atoms. The van der Waals surface area contributed by atoms with Gasteiger partial charge in [-0.05, 0) is 29.9 Å². The predicted molar refractivity (Wildman–Crippen MR) is 99.6 cm³/mol. The van der Waals surface area contributed by atoms with Crippen LogP contribution in [0.3, 0.4) is 0 Å². The highest BCUT2D eigenvalue weighted by Gasteiger charge is 2.26. The minimum atomic E-state index is 0.0747. The standard InChI is InChI=1S/C22H27NO/c24-23(18-20-12-6-2-7-13-20)22(21-14-8-3-9-15-21)17-16-19-10-4-1-5-11-19/h1-2,4-7,10-13,16-17,21-22,24H,3,8-9,14-15,18H2/b17-16+. The molecule has 1 saturated carbocycles. The van der Waals surface area contributed by atoms with E-state index in [2.05, 4.69) is 48.6 Å². The van der Waals surface area contributed by atoms with Crippen molar-refractivity contribution in [1.82, 2.24) is 5.06 Å². The summed E-state index contributed by atoms with van der Waals surface area (Å²) in [5.74, 6) is 0.535. The first-order valence-electron chi connectivity index (χ1n) is 9.05. The molecule has 1 aliphatic rings. The Morgan fingerprint density at radius 3 is 2.21 bits per heavy atom. The third-order valence-corrected chi connectivity index (χ3v) is 4.95. The van der Waals surface area contributed by atoms with E-state index in [1.165, 1.54) is 42.7 Å². The van der Waals surface area contributed by atoms with Gasteiger partial charge in [0.2, 0.25) is 0 Å². The summed E-state index contributed by atoms with van der Waals surface area (Å²) in [5.41, 5.74) is 2.33. The summed E-state index contributed by atoms with van der Waals surface area (Å²) in [5, 5.41) is 12.3. The van der Waals surface area contributed by atoms with Crippen molar-refractivity contribution in [3.63, 3.8) is 0 Å². The van der Waals surface area contributed by atoms with Crippen LogP contribution in [-0.4, -0.2) is 16.3 Å². The van der Waals surface area contributed by atoms with Crippen molar-refractivity contribution in [1.29, 1.82) is 0 Å². The van der Waals surface area contributed by atoms with Crippen LogP contribution < -0.4 is 0 Å². The van der Waals surface area contributed by atoms with E-state index >= 15 is 0 Å². The summed E-state index contributed by atoms with van der Waals surface area (Å²) >= 11 is 0. The maximum atomic E-state index is 10.8. The molecule has 1 fully saturated rings. The highest BCUT2D eigenvalue weighted by atomic mass is 16.5. The largest absolute Gasteiger partial charge is 0.313 e. The Hall–Kier alpha value is -1.90. The molecule has 1 unspecified atom stereocenters. The number of rotatable bonds is 6. The van der Waals surface area contributed by atoms with Gasteiger partial charge in [0.15, 0.2) is 0 Å². The fraction of sp³-hybridized carbons (Fsp3) is 0.364. The molecule has 0 spiro atoms. The van der Waals surface area contributed by atoms with Gasteiger partial charge in [-0.2, -0.15) is 5.06 Å². The molecule has 1 atom stereocenters. The van der Waals surface area contributed by atoms with Crippen molar-refractivity contribution in [2.24, 2.45) is 5.92 Å². The molecule has 0 aliphatic heterocycles. The molecule has 2 nitrogen and oxygen atoms in total. The Bertz CT molecular complexity index is 617. The van der Waals surface area contributed by atoms with Gasteiger partial charge in [0.25, 0.3) is 0 Å². The van der Waals surface area contributed by atoms with E-state index in [1.54, 1.807) is 0 Å². The van der Waals surface area contributed by atoms with E-state index in [4.69, 9.17) is 0 Å². The first-order chi connectivity index (χ1) is 11.8. The minimum absolute atomic E-state index is 0.0747. The first-order valence-corrected chi connectivity index (χ1v) is 9.05. The lowest BCUT2D eigenvalue weighted by atomic mass is 9.83. The fourth-order valence-electron chi connectivity index (χ4n) is 3.63. The Kier molecular flexibility index (Phi) is 6.22. The summed E-state index contributed by atoms with van der Waals surface area (Å²) in [6.07, 6.45) is 10.6. The van der Waals surface area contributed by atoms with Crippen LogP contribution in [0.15, 0.2) is 66.7 Å². The summed E-state index contributed by atoms with van der Waals surface area (Å²) in [7, 11) is 0. The van der Waals surface area contributed by atoms with E-state index in [0.717, 1.165) is 5.56 Å². The number of hydrogen-bond donors (Lipinski definition) is 1. The third kappa shape index (κ3) is 4.80. The number of benzene rings is 2. The number of nitrogens with zero attached hydrogens (tertiary/aromatic N) is 1. The van der Waals surface area contributed by atoms with Gasteiger partial charge in [-0.25, -0.2) is 0 Å². The Labute approximate surface area is 145 Å². The van der Waals surface area contributed by atoms with Crippen LogP contribution in [0.1, 0.15) is 43.2 Å². The molecule has 2 aromatic rings. The average Bonchev–Trinajstić information content (AvgIpc) is 2.64. The van der Waals surface area contributed by atoms with Crippen molar-refractivity contribution in [3.8, 4) is 0 Å². The van der Waals surface area contributed by atoms with E-state index in [0.29, 0.717) is 12.5 Å². The lowest BCUT2D eigenvalue weighted by Gasteiger charge is -2.33. The maximum absolute atomic E-state index is 10.8. The molecule has 1 aliphatic carbocycles. The highest BCUT2D eigenvalue weighted by Crippen LogP contribution is 2.30. The predicted octanol–water partition coefficient (Wildman–Crippen LogP) is 5.54. The molecule has 0 amide bonds. The second kappa shape index (κ2) is 8.81. The van der Waals surface area contributed by atoms with Crippen molar-refractivity contribution < 1.29 is 5.21 Å². The second-order valence-corrected chi connectivity index (χ2v) is 6.74. The third-order valence-electron chi connectivity index (χ3n) is 4.95. The molecule has 126 valence electrons. The van der Waals surface area contributed by atoms with Crippen LogP contribution >= 0.6 is 0 Å². The van der Waals surface area contributed by atoms with Gasteiger partial charge in [-0.15, -0.1) is 0 Å². The maximum Gasteiger partial charge on any atom is 0.0565 e. The van der Waals surface area contributed by atoms with Gasteiger partial charge in [-0.1, -0.05) is 92.1 Å². The Morgan fingerprint density at radius 2 is 1.54 bits per heavy atom. The molecule has 1 N–H and O–H groups in total. The lowest BCUT2D eigenvalue weighted by Crippen LogP contribution is -2.37. The van der Waals surface area contributed by atoms with Gasteiger partial charge >= 0.3 is 0 Å². The molecule has 0 radical (unpaired) electrons. The van der Waals surface area contributed by atoms with E-state index in [1.807, 2.05) is 24.3 Å². The van der Waals surface area contributed by atoms with Crippen molar-refractivity contribution in [3.05, 3.63) is 77.9 Å². The first kappa shape index (κ1) is 16.9. The molecule has 3 rings (SSSR count). The van der Waals surface area contributed by atoms with Crippen LogP contribution in [-0.2, 0) is 6.54 Å². The monoisotopic (exact) mass is 321 g/mol. The molecular formula is C22H27NO. The van der Waals surface area contributed by atoms with E-state index in [-0.39, 0.29) is 6.04 Å². The zero-order chi connectivity index (χ0) is 16.6. The molecule has 0 saturated heterocycles. The van der Waals surface area contributed by atoms with E-state index < -0.39 is 0 Å². The normalized spacial score (nSPS) is 17.4. The van der Waals surface area contributed by atoms with Gasteiger partial charge in [0, 0.05) is 6.54 Å². The SMILES string of the molecule is ON(Cc1ccccc1)C(/C=C/c1ccccc1)C1CCCCC1. The molecule has 2 aromatic carbocycles. The quantitative estimate of drug-likeness (QED) is 0.706. The van der Waals surface area contributed by atoms with Crippen LogP contribution in [0.5, 0.6) is 0 Å². The molecule has 2 heteroatoms. The van der Waals surface area contributed by atoms with Crippen molar-refractivity contribution in [2.75, 3.05) is 0 Å². The van der Waals surface area contributed by atoms with Crippen LogP contribution in [0.4, 0.5) is 0 Å². The smallest absolute Gasteiger partial charge is 0.0565 e. The van der Waals surface area contributed by atoms with Crippen LogP contribution in [0.25, 0.3) is 6.08 Å². The Balaban J connectivity index is 1.74. The average molecular weight is 321 g/mol. The lowest BCUT2D eigenvalue weighted by molar-refractivity contribution is -0.138. The summed E-state index contributed by atoms with van der Waals surface area (Å²) in [6.45, 7) is 0.571. The number of hydroxylamine groups is 2. The zero-order valence-electron chi connectivity index (χ0n) is 14.2. The molecule has 0 heterocycles. The van der Waals surface area contributed by atoms with Gasteiger partial charge in [-0.3, -0.25) is 0 Å². The van der Waals surface area contributed by atoms with Gasteiger partial charge in [0.05, 0.1) is 6.04 Å². The zero-order valence-corrected chi connectivity index (χ0v) is 14.2. The molecule has 0 aromatic heterocycles. The molecular weight excluding hydrogens is 294 g/mol. The van der Waals surface area contributed by atoms with Gasteiger partial charge in [0.1, 0.15) is 0 Å². The van der Waals surface area contributed by atoms with Crippen LogP contribution in [0.2, 0.25) is 0 Å². The van der Waals surface area contributed by atoms with Crippen molar-refractivity contribution in [2.45, 2.75) is 44.7 Å². The minimum Gasteiger partial charge on any atom is -0.313 e. The van der Waals surface area contributed by atoms with Crippen LogP contribution in [0, 0.1) is 5.92 Å². The highest BCUT2D eigenvalue weighted by molar-refractivity contribution is 5.49. The fourth-order valence-corrected chi connectivity index (χ4v) is 3.63. The van der Waals surface area contributed by atoms with Crippen molar-refractivity contribution >= 4 is 6.08 Å². The topological polar surface area (TPSA) is 23.5 Å². The number of hydrogen-bond acceptors (Lipinski definition) is 2. The van der Waals surface area contributed by atoms with Gasteiger partial charge < -0.3 is 5.21 Å². The summed E-state index contributed by atoms with van der Waals surface area (Å²) in [4.78, 5) is 0. The summed E-state index contributed by atoms with van der Waals surface area (Å²) in [6, 6.07) is 20.6. The Morgan fingerprint density at radius 1 is 0.917 bits per heavy atom. The molecule has 24 heavy (non-hydrogen) atoms.